The normalized spacial score (nSPS) is 11.1. The average Bonchev–Trinajstić information content (AvgIpc) is 3.30. The number of para-hydroxylation sites is 1. The molecule has 0 amide bonds. The molecule has 26 heavy (non-hydrogen) atoms. The van der Waals surface area contributed by atoms with E-state index < -0.39 is 0 Å². The third kappa shape index (κ3) is 3.06. The van der Waals surface area contributed by atoms with Gasteiger partial charge in [-0.3, -0.25) is 4.57 Å². The molecule has 0 spiro atoms. The van der Waals surface area contributed by atoms with Gasteiger partial charge in [-0.25, -0.2) is 9.97 Å². The van der Waals surface area contributed by atoms with Gasteiger partial charge >= 0.3 is 0 Å². The van der Waals surface area contributed by atoms with Crippen LogP contribution < -0.4 is 5.73 Å². The molecule has 0 aliphatic heterocycles. The Morgan fingerprint density at radius 1 is 1.15 bits per heavy atom. The van der Waals surface area contributed by atoms with Crippen molar-refractivity contribution in [1.82, 2.24) is 24.7 Å². The molecule has 0 atom stereocenters. The third-order valence-electron chi connectivity index (χ3n) is 3.78. The van der Waals surface area contributed by atoms with Crippen molar-refractivity contribution in [2.24, 2.45) is 0 Å². The number of furan rings is 1. The van der Waals surface area contributed by atoms with Crippen molar-refractivity contribution >= 4 is 28.5 Å². The quantitative estimate of drug-likeness (QED) is 0.413. The Labute approximate surface area is 154 Å². The molecule has 130 valence electrons. The van der Waals surface area contributed by atoms with Crippen LogP contribution in [0.4, 0.5) is 5.82 Å². The minimum absolute atomic E-state index is 0.482. The van der Waals surface area contributed by atoms with Crippen molar-refractivity contribution in [1.29, 1.82) is 0 Å². The predicted octanol–water partition coefficient (Wildman–Crippen LogP) is 3.54. The number of hydrogen-bond acceptors (Lipinski definition) is 7. The molecule has 8 heteroatoms. The Morgan fingerprint density at radius 2 is 2.04 bits per heavy atom. The number of anilines is 1. The van der Waals surface area contributed by atoms with E-state index in [2.05, 4.69) is 26.7 Å². The molecule has 4 rings (SSSR count). The Kier molecular flexibility index (Phi) is 4.40. The van der Waals surface area contributed by atoms with Crippen molar-refractivity contribution in [3.05, 3.63) is 61.1 Å². The van der Waals surface area contributed by atoms with Gasteiger partial charge in [0.1, 0.15) is 11.6 Å². The molecule has 0 radical (unpaired) electrons. The van der Waals surface area contributed by atoms with Crippen molar-refractivity contribution < 1.29 is 4.42 Å². The molecular formula is C18H16N6OS. The van der Waals surface area contributed by atoms with E-state index in [-0.39, 0.29) is 0 Å². The second-order valence-corrected chi connectivity index (χ2v) is 6.46. The fourth-order valence-corrected chi connectivity index (χ4v) is 3.42. The van der Waals surface area contributed by atoms with Crippen LogP contribution in [0.15, 0.2) is 64.9 Å². The zero-order chi connectivity index (χ0) is 17.9. The minimum Gasteiger partial charge on any atom is -0.461 e. The maximum atomic E-state index is 6.05. The van der Waals surface area contributed by atoms with Crippen LogP contribution >= 0.6 is 11.8 Å². The van der Waals surface area contributed by atoms with Gasteiger partial charge in [-0.05, 0) is 24.3 Å². The van der Waals surface area contributed by atoms with E-state index in [0.29, 0.717) is 35.5 Å². The average molecular weight is 364 g/mol. The molecule has 0 saturated carbocycles. The van der Waals surface area contributed by atoms with Gasteiger partial charge in [0.25, 0.3) is 0 Å². The van der Waals surface area contributed by atoms with E-state index in [1.54, 1.807) is 12.3 Å². The molecule has 0 bridgehead atoms. The summed E-state index contributed by atoms with van der Waals surface area (Å²) in [7, 11) is 0. The number of aromatic nitrogens is 5. The molecule has 0 saturated heterocycles. The van der Waals surface area contributed by atoms with Crippen LogP contribution in [-0.4, -0.2) is 24.7 Å². The summed E-state index contributed by atoms with van der Waals surface area (Å²) >= 11 is 1.49. The molecule has 0 aliphatic rings. The number of nitrogens with zero attached hydrogens (tertiary/aromatic N) is 5. The summed E-state index contributed by atoms with van der Waals surface area (Å²) in [4.78, 5) is 8.97. The second kappa shape index (κ2) is 7.01. The smallest absolute Gasteiger partial charge is 0.200 e. The molecule has 7 nitrogen and oxygen atoms in total. The van der Waals surface area contributed by atoms with Gasteiger partial charge in [-0.2, -0.15) is 0 Å². The highest BCUT2D eigenvalue weighted by Gasteiger charge is 2.16. The Bertz CT molecular complexity index is 1060. The first kappa shape index (κ1) is 16.3. The zero-order valence-corrected chi connectivity index (χ0v) is 14.7. The number of rotatable bonds is 6. The summed E-state index contributed by atoms with van der Waals surface area (Å²) in [6.45, 7) is 4.38. The van der Waals surface area contributed by atoms with Crippen molar-refractivity contribution in [2.75, 3.05) is 5.73 Å². The van der Waals surface area contributed by atoms with Crippen molar-refractivity contribution in [3.8, 4) is 11.6 Å². The highest BCUT2D eigenvalue weighted by molar-refractivity contribution is 7.98. The van der Waals surface area contributed by atoms with Crippen LogP contribution in [0.1, 0.15) is 5.82 Å². The highest BCUT2D eigenvalue weighted by atomic mass is 32.2. The maximum absolute atomic E-state index is 6.05. The second-order valence-electron chi connectivity index (χ2n) is 5.51. The number of fused-ring (bicyclic) bond motifs is 1. The van der Waals surface area contributed by atoms with E-state index in [4.69, 9.17) is 10.2 Å². The molecule has 3 heterocycles. The van der Waals surface area contributed by atoms with Gasteiger partial charge in [-0.15, -0.1) is 16.8 Å². The lowest BCUT2D eigenvalue weighted by Gasteiger charge is -2.07. The molecule has 0 unspecified atom stereocenters. The maximum Gasteiger partial charge on any atom is 0.200 e. The number of benzene rings is 1. The standard InChI is InChI=1S/C18H16N6OS/c1-2-9-24-17(14-8-5-10-25-14)22-23-18(24)26-11-15-20-13-7-4-3-6-12(13)16(19)21-15/h2-8,10H,1,9,11H2,(H2,19,20,21). The third-order valence-corrected chi connectivity index (χ3v) is 4.74. The summed E-state index contributed by atoms with van der Waals surface area (Å²) in [6, 6.07) is 11.4. The van der Waals surface area contributed by atoms with Crippen LogP contribution in [0.2, 0.25) is 0 Å². The van der Waals surface area contributed by atoms with Crippen molar-refractivity contribution in [3.63, 3.8) is 0 Å². The largest absolute Gasteiger partial charge is 0.461 e. The van der Waals surface area contributed by atoms with Crippen LogP contribution in [-0.2, 0) is 12.3 Å². The summed E-state index contributed by atoms with van der Waals surface area (Å²) in [5.74, 6) is 2.99. The van der Waals surface area contributed by atoms with Crippen molar-refractivity contribution in [2.45, 2.75) is 17.5 Å². The lowest BCUT2D eigenvalue weighted by atomic mass is 10.2. The van der Waals surface area contributed by atoms with E-state index in [0.717, 1.165) is 16.1 Å². The Balaban J connectivity index is 1.61. The molecule has 1 aromatic carbocycles. The van der Waals surface area contributed by atoms with E-state index >= 15 is 0 Å². The summed E-state index contributed by atoms with van der Waals surface area (Å²) in [5, 5.41) is 10.1. The van der Waals surface area contributed by atoms with Crippen LogP contribution in [0, 0.1) is 0 Å². The number of nitrogens with two attached hydrogens (primary N) is 1. The van der Waals surface area contributed by atoms with Gasteiger partial charge < -0.3 is 10.2 Å². The van der Waals surface area contributed by atoms with Gasteiger partial charge in [0.15, 0.2) is 10.9 Å². The van der Waals surface area contributed by atoms with E-state index in [1.165, 1.54) is 11.8 Å². The SMILES string of the molecule is C=CCn1c(SCc2nc(N)c3ccccc3n2)nnc1-c1ccco1. The number of allylic oxidation sites excluding steroid dienone is 1. The van der Waals surface area contributed by atoms with Crippen LogP contribution in [0.3, 0.4) is 0 Å². The fourth-order valence-electron chi connectivity index (χ4n) is 2.62. The fraction of sp³-hybridized carbons (Fsp3) is 0.111. The topological polar surface area (TPSA) is 95.7 Å². The molecule has 0 fully saturated rings. The number of hydrogen-bond donors (Lipinski definition) is 1. The van der Waals surface area contributed by atoms with E-state index in [1.807, 2.05) is 41.0 Å². The summed E-state index contributed by atoms with van der Waals surface area (Å²) in [6.07, 6.45) is 3.41. The van der Waals surface area contributed by atoms with Gasteiger partial charge in [-0.1, -0.05) is 30.0 Å². The van der Waals surface area contributed by atoms with Gasteiger partial charge in [0.2, 0.25) is 5.82 Å². The predicted molar refractivity (Wildman–Crippen MR) is 101 cm³/mol. The molecule has 3 aromatic heterocycles. The first-order valence-electron chi connectivity index (χ1n) is 7.98. The first-order valence-corrected chi connectivity index (χ1v) is 8.96. The first-order chi connectivity index (χ1) is 12.8. The summed E-state index contributed by atoms with van der Waals surface area (Å²) in [5.41, 5.74) is 6.89. The van der Waals surface area contributed by atoms with Crippen LogP contribution in [0.25, 0.3) is 22.5 Å². The molecule has 2 N–H and O–H groups in total. The lowest BCUT2D eigenvalue weighted by Crippen LogP contribution is -2.02. The Morgan fingerprint density at radius 3 is 2.85 bits per heavy atom. The van der Waals surface area contributed by atoms with Crippen LogP contribution in [0.5, 0.6) is 0 Å². The Hall–Kier alpha value is -3.13. The number of thioether (sulfide) groups is 1. The van der Waals surface area contributed by atoms with Gasteiger partial charge in [0, 0.05) is 11.9 Å². The number of nitrogen functional groups attached to an aromatic ring is 1. The van der Waals surface area contributed by atoms with E-state index in [9.17, 15) is 0 Å². The minimum atomic E-state index is 0.482. The zero-order valence-electron chi connectivity index (χ0n) is 13.9. The lowest BCUT2D eigenvalue weighted by molar-refractivity contribution is 0.569. The molecule has 4 aromatic rings. The van der Waals surface area contributed by atoms with Gasteiger partial charge in [0.05, 0.1) is 17.5 Å². The monoisotopic (exact) mass is 364 g/mol. The summed E-state index contributed by atoms with van der Waals surface area (Å²) < 4.78 is 7.38. The highest BCUT2D eigenvalue weighted by Crippen LogP contribution is 2.27. The molecule has 0 aliphatic carbocycles. The molecular weight excluding hydrogens is 348 g/mol.